The molecular formula is C14H21ClN6O. The number of likely N-dealkylation sites (N-methyl/N-ethyl adjacent to an activating group) is 1. The number of rotatable bonds is 3. The molecule has 0 N–H and O–H groups in total. The fourth-order valence-corrected chi connectivity index (χ4v) is 3.10. The Morgan fingerprint density at radius 2 is 2.05 bits per heavy atom. The van der Waals surface area contributed by atoms with E-state index >= 15 is 0 Å². The van der Waals surface area contributed by atoms with E-state index in [2.05, 4.69) is 32.1 Å². The molecule has 1 aliphatic rings. The lowest BCUT2D eigenvalue weighted by Gasteiger charge is -2.37. The molecule has 2 aromatic rings. The van der Waals surface area contributed by atoms with Gasteiger partial charge in [0.05, 0.1) is 5.69 Å². The Morgan fingerprint density at radius 1 is 1.27 bits per heavy atom. The maximum atomic E-state index is 6.34. The van der Waals surface area contributed by atoms with Gasteiger partial charge in [-0.2, -0.15) is 10.1 Å². The molecule has 0 aromatic carbocycles. The largest absolute Gasteiger partial charge is 0.338 e. The van der Waals surface area contributed by atoms with E-state index < -0.39 is 0 Å². The highest BCUT2D eigenvalue weighted by Crippen LogP contribution is 2.26. The average Bonchev–Trinajstić information content (AvgIpc) is 3.00. The van der Waals surface area contributed by atoms with Crippen molar-refractivity contribution in [1.29, 1.82) is 0 Å². The second-order valence-electron chi connectivity index (χ2n) is 5.89. The summed E-state index contributed by atoms with van der Waals surface area (Å²) >= 11 is 6.34. The van der Waals surface area contributed by atoms with Crippen molar-refractivity contribution in [1.82, 2.24) is 29.7 Å². The van der Waals surface area contributed by atoms with E-state index in [1.165, 1.54) is 0 Å². The van der Waals surface area contributed by atoms with E-state index in [0.29, 0.717) is 16.9 Å². The summed E-state index contributed by atoms with van der Waals surface area (Å²) in [7, 11) is 3.96. The molecule has 120 valence electrons. The number of aromatic nitrogens is 4. The topological polar surface area (TPSA) is 63.2 Å². The molecule has 8 heteroatoms. The van der Waals surface area contributed by atoms with Crippen LogP contribution in [-0.2, 0) is 13.6 Å². The number of nitrogens with zero attached hydrogens (tertiary/aromatic N) is 6. The number of aryl methyl sites for hydroxylation is 3. The molecule has 0 aliphatic carbocycles. The van der Waals surface area contributed by atoms with Gasteiger partial charge in [-0.1, -0.05) is 16.8 Å². The first-order valence-electron chi connectivity index (χ1n) is 7.36. The molecule has 22 heavy (non-hydrogen) atoms. The molecule has 0 unspecified atom stereocenters. The van der Waals surface area contributed by atoms with Crippen molar-refractivity contribution < 1.29 is 4.52 Å². The van der Waals surface area contributed by atoms with Crippen LogP contribution in [0.5, 0.6) is 0 Å². The number of hydrogen-bond donors (Lipinski definition) is 0. The molecule has 2 aromatic heterocycles. The highest BCUT2D eigenvalue weighted by atomic mass is 35.5. The van der Waals surface area contributed by atoms with Gasteiger partial charge in [-0.15, -0.1) is 0 Å². The van der Waals surface area contributed by atoms with E-state index in [9.17, 15) is 0 Å². The Morgan fingerprint density at radius 3 is 2.64 bits per heavy atom. The van der Waals surface area contributed by atoms with Crippen LogP contribution in [0.3, 0.4) is 0 Å². The van der Waals surface area contributed by atoms with E-state index in [1.807, 2.05) is 20.9 Å². The highest BCUT2D eigenvalue weighted by molar-refractivity contribution is 6.30. The first-order valence-corrected chi connectivity index (χ1v) is 7.74. The van der Waals surface area contributed by atoms with E-state index in [-0.39, 0.29) is 6.04 Å². The van der Waals surface area contributed by atoms with Gasteiger partial charge in [-0.3, -0.25) is 14.5 Å². The van der Waals surface area contributed by atoms with Gasteiger partial charge in [0.15, 0.2) is 5.82 Å². The summed E-state index contributed by atoms with van der Waals surface area (Å²) in [6, 6.07) is 0.116. The van der Waals surface area contributed by atoms with Gasteiger partial charge in [0.1, 0.15) is 11.2 Å². The van der Waals surface area contributed by atoms with Gasteiger partial charge in [0.2, 0.25) is 5.89 Å². The Balaban J connectivity index is 1.75. The van der Waals surface area contributed by atoms with E-state index in [0.717, 1.165) is 37.4 Å². The third kappa shape index (κ3) is 2.88. The zero-order valence-corrected chi connectivity index (χ0v) is 14.1. The van der Waals surface area contributed by atoms with Crippen LogP contribution in [0.4, 0.5) is 0 Å². The molecule has 0 saturated carbocycles. The molecule has 1 aliphatic heterocycles. The zero-order chi connectivity index (χ0) is 15.9. The molecule has 0 amide bonds. The molecular weight excluding hydrogens is 304 g/mol. The molecule has 0 bridgehead atoms. The van der Waals surface area contributed by atoms with E-state index in [1.54, 1.807) is 4.68 Å². The standard InChI is InChI=1S/C14H21ClN6O/c1-9-11(13(15)20(4)17-9)7-21-6-5-19(3)12(8-21)14-16-10(2)18-22-14/h12H,5-8H2,1-4H3/t12-/m1/s1. The highest BCUT2D eigenvalue weighted by Gasteiger charge is 2.30. The second-order valence-corrected chi connectivity index (χ2v) is 6.25. The number of piperazine rings is 1. The zero-order valence-electron chi connectivity index (χ0n) is 13.4. The minimum atomic E-state index is 0.116. The molecule has 1 fully saturated rings. The minimum Gasteiger partial charge on any atom is -0.338 e. The Bertz CT molecular complexity index is 666. The second kappa shape index (κ2) is 5.98. The maximum Gasteiger partial charge on any atom is 0.245 e. The lowest BCUT2D eigenvalue weighted by atomic mass is 10.1. The van der Waals surface area contributed by atoms with Crippen LogP contribution >= 0.6 is 11.6 Å². The van der Waals surface area contributed by atoms with Crippen molar-refractivity contribution in [2.24, 2.45) is 7.05 Å². The Kier molecular flexibility index (Phi) is 4.20. The van der Waals surface area contributed by atoms with Crippen molar-refractivity contribution in [3.8, 4) is 0 Å². The lowest BCUT2D eigenvalue weighted by molar-refractivity contribution is 0.0713. The van der Waals surface area contributed by atoms with Crippen molar-refractivity contribution in [2.75, 3.05) is 26.7 Å². The van der Waals surface area contributed by atoms with Gasteiger partial charge in [-0.05, 0) is 20.9 Å². The summed E-state index contributed by atoms with van der Waals surface area (Å²) in [6.45, 7) is 7.38. The molecule has 7 nitrogen and oxygen atoms in total. The molecule has 0 radical (unpaired) electrons. The third-order valence-corrected chi connectivity index (χ3v) is 4.68. The average molecular weight is 325 g/mol. The van der Waals surface area contributed by atoms with Gasteiger partial charge >= 0.3 is 0 Å². The van der Waals surface area contributed by atoms with E-state index in [4.69, 9.17) is 16.1 Å². The van der Waals surface area contributed by atoms with Gasteiger partial charge < -0.3 is 4.52 Å². The first-order chi connectivity index (χ1) is 10.5. The summed E-state index contributed by atoms with van der Waals surface area (Å²) in [5.74, 6) is 1.35. The fourth-order valence-electron chi connectivity index (χ4n) is 2.87. The predicted octanol–water partition coefficient (Wildman–Crippen LogP) is 1.56. The summed E-state index contributed by atoms with van der Waals surface area (Å²) in [5, 5.41) is 8.99. The van der Waals surface area contributed by atoms with Crippen molar-refractivity contribution >= 4 is 11.6 Å². The van der Waals surface area contributed by atoms with Gasteiger partial charge in [0, 0.05) is 38.8 Å². The molecule has 3 rings (SSSR count). The Labute approximate surface area is 134 Å². The summed E-state index contributed by atoms with van der Waals surface area (Å²) in [6.07, 6.45) is 0. The first kappa shape index (κ1) is 15.5. The fraction of sp³-hybridized carbons (Fsp3) is 0.643. The number of hydrogen-bond acceptors (Lipinski definition) is 6. The van der Waals surface area contributed by atoms with Crippen molar-refractivity contribution in [3.63, 3.8) is 0 Å². The summed E-state index contributed by atoms with van der Waals surface area (Å²) < 4.78 is 7.08. The smallest absolute Gasteiger partial charge is 0.245 e. The molecule has 3 heterocycles. The van der Waals surface area contributed by atoms with Crippen LogP contribution in [-0.4, -0.2) is 56.4 Å². The van der Waals surface area contributed by atoms with Crippen LogP contribution in [0.1, 0.15) is 29.0 Å². The molecule has 1 atom stereocenters. The normalized spacial score (nSPS) is 20.7. The van der Waals surface area contributed by atoms with Gasteiger partial charge in [-0.25, -0.2) is 0 Å². The molecule has 0 spiro atoms. The third-order valence-electron chi connectivity index (χ3n) is 4.21. The van der Waals surface area contributed by atoms with Crippen LogP contribution < -0.4 is 0 Å². The van der Waals surface area contributed by atoms with Crippen LogP contribution in [0, 0.1) is 13.8 Å². The minimum absolute atomic E-state index is 0.116. The lowest BCUT2D eigenvalue weighted by Crippen LogP contribution is -2.46. The number of halogens is 1. The Hall–Kier alpha value is -1.44. The van der Waals surface area contributed by atoms with Gasteiger partial charge in [0.25, 0.3) is 0 Å². The summed E-state index contributed by atoms with van der Waals surface area (Å²) in [4.78, 5) is 8.99. The van der Waals surface area contributed by atoms with Crippen LogP contribution in [0.25, 0.3) is 0 Å². The monoisotopic (exact) mass is 324 g/mol. The quantitative estimate of drug-likeness (QED) is 0.854. The SMILES string of the molecule is Cc1noc([C@H]2CN(Cc3c(C)nn(C)c3Cl)CCN2C)n1. The van der Waals surface area contributed by atoms with Crippen LogP contribution in [0.2, 0.25) is 5.15 Å². The predicted molar refractivity (Wildman–Crippen MR) is 82.6 cm³/mol. The summed E-state index contributed by atoms with van der Waals surface area (Å²) in [5.41, 5.74) is 2.07. The van der Waals surface area contributed by atoms with Crippen molar-refractivity contribution in [2.45, 2.75) is 26.4 Å². The maximum absolute atomic E-state index is 6.34. The van der Waals surface area contributed by atoms with Crippen LogP contribution in [0.15, 0.2) is 4.52 Å². The molecule has 1 saturated heterocycles. The van der Waals surface area contributed by atoms with Crippen molar-refractivity contribution in [3.05, 3.63) is 28.1 Å².